The summed E-state index contributed by atoms with van der Waals surface area (Å²) in [5.74, 6) is 1.60. The largest absolute Gasteiger partial charge is 0.497 e. The van der Waals surface area contributed by atoms with Crippen LogP contribution in [-0.2, 0) is 0 Å². The first-order chi connectivity index (χ1) is 11.7. The quantitative estimate of drug-likeness (QED) is 0.771. The van der Waals surface area contributed by atoms with E-state index in [1.165, 1.54) is 20.5 Å². The Kier molecular flexibility index (Phi) is 4.37. The second-order valence-electron chi connectivity index (χ2n) is 4.75. The van der Waals surface area contributed by atoms with Crippen molar-refractivity contribution in [3.05, 3.63) is 54.9 Å². The second-order valence-corrected chi connectivity index (χ2v) is 4.75. The molecule has 0 bridgehead atoms. The number of methoxy groups -OCH3 is 2. The first-order valence-corrected chi connectivity index (χ1v) is 7.05. The predicted octanol–water partition coefficient (Wildman–Crippen LogP) is 1.93. The summed E-state index contributed by atoms with van der Waals surface area (Å²) in [4.78, 5) is 24.7. The maximum Gasteiger partial charge on any atom is 0.260 e. The van der Waals surface area contributed by atoms with Gasteiger partial charge in [0.2, 0.25) is 0 Å². The van der Waals surface area contributed by atoms with Crippen molar-refractivity contribution in [3.8, 4) is 17.3 Å². The molecule has 0 radical (unpaired) electrons. The van der Waals surface area contributed by atoms with E-state index in [0.717, 1.165) is 0 Å². The van der Waals surface area contributed by atoms with E-state index in [0.29, 0.717) is 28.7 Å². The van der Waals surface area contributed by atoms with E-state index >= 15 is 0 Å². The Morgan fingerprint density at radius 2 is 2.04 bits per heavy atom. The molecule has 24 heavy (non-hydrogen) atoms. The fourth-order valence-corrected chi connectivity index (χ4v) is 2.13. The average molecular weight is 325 g/mol. The van der Waals surface area contributed by atoms with Crippen molar-refractivity contribution in [2.24, 2.45) is 0 Å². The molecule has 1 aromatic carbocycles. The molecule has 122 valence electrons. The number of ether oxygens (including phenoxy) is 2. The number of nitrogens with one attached hydrogen (secondary N) is 1. The number of rotatable bonds is 5. The summed E-state index contributed by atoms with van der Waals surface area (Å²) in [5, 5.41) is 2.73. The van der Waals surface area contributed by atoms with Crippen LogP contribution in [0.5, 0.6) is 11.5 Å². The molecule has 2 heterocycles. The van der Waals surface area contributed by atoms with E-state index in [-0.39, 0.29) is 5.91 Å². The number of amides is 1. The molecule has 0 aliphatic carbocycles. The second kappa shape index (κ2) is 6.78. The third-order valence-electron chi connectivity index (χ3n) is 3.31. The Hall–Kier alpha value is -3.42. The number of nitrogens with zero attached hydrogens (tertiary/aromatic N) is 4. The minimum atomic E-state index is -0.360. The molecule has 0 atom stereocenters. The standard InChI is InChI=1S/C16H15N5O3/c1-23-11-3-4-13(24-2)12(7-11)16(22)20-14-8-15(19-9-18-14)21-6-5-17-10-21/h3-10H,1-2H3,(H,18,19,20,22). The fourth-order valence-electron chi connectivity index (χ4n) is 2.13. The van der Waals surface area contributed by atoms with Gasteiger partial charge in [-0.3, -0.25) is 9.36 Å². The summed E-state index contributed by atoms with van der Waals surface area (Å²) in [6.07, 6.45) is 6.37. The maximum atomic E-state index is 12.5. The maximum absolute atomic E-state index is 12.5. The number of anilines is 1. The fraction of sp³-hybridized carbons (Fsp3) is 0.125. The van der Waals surface area contributed by atoms with Gasteiger partial charge in [0.15, 0.2) is 0 Å². The van der Waals surface area contributed by atoms with Crippen LogP contribution in [0.15, 0.2) is 49.3 Å². The van der Waals surface area contributed by atoms with Crippen LogP contribution in [0.1, 0.15) is 10.4 Å². The first-order valence-electron chi connectivity index (χ1n) is 7.05. The lowest BCUT2D eigenvalue weighted by atomic mass is 10.1. The Bertz CT molecular complexity index is 849. The number of carbonyl (C=O) groups is 1. The van der Waals surface area contributed by atoms with Crippen LogP contribution in [0, 0.1) is 0 Å². The van der Waals surface area contributed by atoms with Crippen molar-refractivity contribution in [1.29, 1.82) is 0 Å². The van der Waals surface area contributed by atoms with E-state index in [1.54, 1.807) is 47.6 Å². The van der Waals surface area contributed by atoms with Crippen LogP contribution >= 0.6 is 0 Å². The van der Waals surface area contributed by atoms with Crippen LogP contribution in [0.2, 0.25) is 0 Å². The molecule has 0 fully saturated rings. The molecule has 1 N–H and O–H groups in total. The number of carbonyl (C=O) groups excluding carboxylic acids is 1. The van der Waals surface area contributed by atoms with Crippen molar-refractivity contribution < 1.29 is 14.3 Å². The minimum absolute atomic E-state index is 0.347. The van der Waals surface area contributed by atoms with Crippen LogP contribution in [0.4, 0.5) is 5.82 Å². The number of hydrogen-bond acceptors (Lipinski definition) is 6. The zero-order valence-corrected chi connectivity index (χ0v) is 13.1. The summed E-state index contributed by atoms with van der Waals surface area (Å²) in [6, 6.07) is 6.64. The monoisotopic (exact) mass is 325 g/mol. The van der Waals surface area contributed by atoms with Crippen molar-refractivity contribution >= 4 is 11.7 Å². The van der Waals surface area contributed by atoms with E-state index in [2.05, 4.69) is 20.3 Å². The van der Waals surface area contributed by atoms with Gasteiger partial charge in [0.25, 0.3) is 5.91 Å². The zero-order chi connectivity index (χ0) is 16.9. The molecule has 1 amide bonds. The third-order valence-corrected chi connectivity index (χ3v) is 3.31. The van der Waals surface area contributed by atoms with Gasteiger partial charge in [0.1, 0.15) is 35.8 Å². The SMILES string of the molecule is COc1ccc(OC)c(C(=O)Nc2cc(-n3ccnc3)ncn2)c1. The predicted molar refractivity (Wildman–Crippen MR) is 86.7 cm³/mol. The lowest BCUT2D eigenvalue weighted by Crippen LogP contribution is -2.15. The Balaban J connectivity index is 1.86. The number of benzene rings is 1. The van der Waals surface area contributed by atoms with Gasteiger partial charge in [0.05, 0.1) is 19.8 Å². The van der Waals surface area contributed by atoms with E-state index in [4.69, 9.17) is 9.47 Å². The first kappa shape index (κ1) is 15.5. The Morgan fingerprint density at radius 1 is 1.17 bits per heavy atom. The average Bonchev–Trinajstić information content (AvgIpc) is 3.16. The molecule has 8 nitrogen and oxygen atoms in total. The lowest BCUT2D eigenvalue weighted by Gasteiger charge is -2.11. The van der Waals surface area contributed by atoms with Crippen molar-refractivity contribution in [2.75, 3.05) is 19.5 Å². The van der Waals surface area contributed by atoms with Gasteiger partial charge in [-0.15, -0.1) is 0 Å². The lowest BCUT2D eigenvalue weighted by molar-refractivity contribution is 0.102. The van der Waals surface area contributed by atoms with Gasteiger partial charge in [-0.2, -0.15) is 0 Å². The highest BCUT2D eigenvalue weighted by atomic mass is 16.5. The molecule has 3 aromatic rings. The minimum Gasteiger partial charge on any atom is -0.497 e. The van der Waals surface area contributed by atoms with Gasteiger partial charge in [-0.25, -0.2) is 15.0 Å². The van der Waals surface area contributed by atoms with Crippen LogP contribution in [0.3, 0.4) is 0 Å². The van der Waals surface area contributed by atoms with E-state index in [9.17, 15) is 4.79 Å². The summed E-state index contributed by atoms with van der Waals surface area (Å²) >= 11 is 0. The highest BCUT2D eigenvalue weighted by molar-refractivity contribution is 6.06. The summed E-state index contributed by atoms with van der Waals surface area (Å²) in [5.41, 5.74) is 0.347. The zero-order valence-electron chi connectivity index (χ0n) is 13.1. The highest BCUT2D eigenvalue weighted by Gasteiger charge is 2.15. The highest BCUT2D eigenvalue weighted by Crippen LogP contribution is 2.24. The molecule has 0 aliphatic heterocycles. The van der Waals surface area contributed by atoms with Crippen molar-refractivity contribution in [2.45, 2.75) is 0 Å². The van der Waals surface area contributed by atoms with Gasteiger partial charge in [-0.05, 0) is 18.2 Å². The number of aromatic nitrogens is 4. The van der Waals surface area contributed by atoms with E-state index in [1.807, 2.05) is 0 Å². The van der Waals surface area contributed by atoms with Crippen molar-refractivity contribution in [1.82, 2.24) is 19.5 Å². The number of hydrogen-bond donors (Lipinski definition) is 1. The van der Waals surface area contributed by atoms with Crippen LogP contribution in [0.25, 0.3) is 5.82 Å². The number of imidazole rings is 1. The summed E-state index contributed by atoms with van der Waals surface area (Å²) < 4.78 is 12.1. The topological polar surface area (TPSA) is 91.2 Å². The molecule has 0 saturated carbocycles. The molecule has 8 heteroatoms. The summed E-state index contributed by atoms with van der Waals surface area (Å²) in [6.45, 7) is 0. The smallest absolute Gasteiger partial charge is 0.260 e. The van der Waals surface area contributed by atoms with Gasteiger partial charge in [-0.1, -0.05) is 0 Å². The molecule has 3 rings (SSSR count). The van der Waals surface area contributed by atoms with Crippen molar-refractivity contribution in [3.63, 3.8) is 0 Å². The molecule has 0 aliphatic rings. The third kappa shape index (κ3) is 3.17. The molecular formula is C16H15N5O3. The van der Waals surface area contributed by atoms with Crippen LogP contribution < -0.4 is 14.8 Å². The molecule has 0 spiro atoms. The van der Waals surface area contributed by atoms with Gasteiger partial charge in [0, 0.05) is 18.5 Å². The van der Waals surface area contributed by atoms with Gasteiger partial charge >= 0.3 is 0 Å². The molecule has 0 saturated heterocycles. The molecule has 2 aromatic heterocycles. The van der Waals surface area contributed by atoms with Gasteiger partial charge < -0.3 is 14.8 Å². The van der Waals surface area contributed by atoms with E-state index < -0.39 is 0 Å². The normalized spacial score (nSPS) is 10.2. The van der Waals surface area contributed by atoms with Crippen LogP contribution in [-0.4, -0.2) is 39.6 Å². The molecular weight excluding hydrogens is 310 g/mol. The Labute approximate surface area is 138 Å². The Morgan fingerprint density at radius 3 is 2.75 bits per heavy atom. The summed E-state index contributed by atoms with van der Waals surface area (Å²) in [7, 11) is 3.03. The molecule has 0 unspecified atom stereocenters.